The molecule has 1 amide bonds. The van der Waals surface area contributed by atoms with Crippen molar-refractivity contribution in [2.45, 2.75) is 19.8 Å². The maximum atomic E-state index is 12.7. The molecule has 0 saturated carbocycles. The summed E-state index contributed by atoms with van der Waals surface area (Å²) in [5.74, 6) is 0.834. The molecule has 6 nitrogen and oxygen atoms in total. The lowest BCUT2D eigenvalue weighted by Gasteiger charge is -2.32. The number of carbonyl (C=O) groups excluding carboxylic acids is 1. The van der Waals surface area contributed by atoms with Gasteiger partial charge in [0.05, 0.1) is 5.92 Å². The van der Waals surface area contributed by atoms with Crippen molar-refractivity contribution in [1.82, 2.24) is 14.6 Å². The third-order valence-electron chi connectivity index (χ3n) is 4.77. The molecule has 1 atom stereocenters. The van der Waals surface area contributed by atoms with Gasteiger partial charge in [-0.05, 0) is 43.5 Å². The van der Waals surface area contributed by atoms with Gasteiger partial charge >= 0.3 is 0 Å². The SMILES string of the molecule is Cc1ccccc1NC(=O)C1CCCN(c2nnc3ccccn23)C1. The van der Waals surface area contributed by atoms with Crippen LogP contribution in [-0.2, 0) is 4.79 Å². The van der Waals surface area contributed by atoms with Crippen molar-refractivity contribution in [3.05, 3.63) is 54.2 Å². The molecule has 1 aliphatic heterocycles. The van der Waals surface area contributed by atoms with E-state index in [0.717, 1.165) is 42.2 Å². The number of benzene rings is 1. The number of carbonyl (C=O) groups is 1. The molecule has 6 heteroatoms. The molecule has 1 fully saturated rings. The van der Waals surface area contributed by atoms with E-state index in [-0.39, 0.29) is 11.8 Å². The number of anilines is 2. The Labute approximate surface area is 146 Å². The molecule has 2 aromatic heterocycles. The summed E-state index contributed by atoms with van der Waals surface area (Å²) in [6, 6.07) is 13.7. The predicted molar refractivity (Wildman–Crippen MR) is 97.7 cm³/mol. The zero-order chi connectivity index (χ0) is 17.2. The molecule has 25 heavy (non-hydrogen) atoms. The van der Waals surface area contributed by atoms with Gasteiger partial charge in [0.25, 0.3) is 0 Å². The zero-order valence-electron chi connectivity index (χ0n) is 14.2. The monoisotopic (exact) mass is 335 g/mol. The number of amides is 1. The van der Waals surface area contributed by atoms with Crippen molar-refractivity contribution in [2.24, 2.45) is 5.92 Å². The van der Waals surface area contributed by atoms with Crippen LogP contribution in [0, 0.1) is 12.8 Å². The van der Waals surface area contributed by atoms with Gasteiger partial charge in [0.2, 0.25) is 11.9 Å². The molecule has 0 spiro atoms. The Morgan fingerprint density at radius 3 is 2.88 bits per heavy atom. The van der Waals surface area contributed by atoms with Crippen molar-refractivity contribution in [2.75, 3.05) is 23.3 Å². The molecule has 3 heterocycles. The number of pyridine rings is 1. The second-order valence-corrected chi connectivity index (χ2v) is 6.52. The average Bonchev–Trinajstić information content (AvgIpc) is 3.08. The molecule has 1 aromatic carbocycles. The number of piperidine rings is 1. The van der Waals surface area contributed by atoms with Gasteiger partial charge in [0.1, 0.15) is 0 Å². The standard InChI is InChI=1S/C19H21N5O/c1-14-7-2-3-9-16(14)20-18(25)15-8-6-11-23(13-15)19-22-21-17-10-4-5-12-24(17)19/h2-5,7,9-10,12,15H,6,8,11,13H2,1H3,(H,20,25). The fourth-order valence-electron chi connectivity index (χ4n) is 3.37. The number of nitrogens with zero attached hydrogens (tertiary/aromatic N) is 4. The first kappa shape index (κ1) is 15.6. The molecule has 3 aromatic rings. The van der Waals surface area contributed by atoms with Crippen LogP contribution in [-0.4, -0.2) is 33.6 Å². The van der Waals surface area contributed by atoms with Crippen LogP contribution in [0.5, 0.6) is 0 Å². The van der Waals surface area contributed by atoms with Crippen LogP contribution in [0.4, 0.5) is 11.6 Å². The summed E-state index contributed by atoms with van der Waals surface area (Å²) in [7, 11) is 0. The molecule has 128 valence electrons. The van der Waals surface area contributed by atoms with Crippen molar-refractivity contribution >= 4 is 23.2 Å². The first-order chi connectivity index (χ1) is 12.2. The molecule has 0 radical (unpaired) electrons. The highest BCUT2D eigenvalue weighted by molar-refractivity contribution is 5.93. The van der Waals surface area contributed by atoms with Gasteiger partial charge in [-0.3, -0.25) is 9.20 Å². The normalized spacial score (nSPS) is 17.6. The van der Waals surface area contributed by atoms with Crippen LogP contribution in [0.15, 0.2) is 48.7 Å². The van der Waals surface area contributed by atoms with Gasteiger partial charge in [-0.1, -0.05) is 24.3 Å². The molecule has 1 unspecified atom stereocenters. The van der Waals surface area contributed by atoms with E-state index in [1.165, 1.54) is 0 Å². The maximum absolute atomic E-state index is 12.7. The van der Waals surface area contributed by atoms with Crippen LogP contribution in [0.3, 0.4) is 0 Å². The van der Waals surface area contributed by atoms with Gasteiger partial charge in [0.15, 0.2) is 5.65 Å². The molecule has 1 aliphatic rings. The maximum Gasteiger partial charge on any atom is 0.231 e. The Kier molecular flexibility index (Phi) is 4.09. The summed E-state index contributed by atoms with van der Waals surface area (Å²) in [4.78, 5) is 14.9. The van der Waals surface area contributed by atoms with Crippen LogP contribution < -0.4 is 10.2 Å². The largest absolute Gasteiger partial charge is 0.340 e. The fraction of sp³-hybridized carbons (Fsp3) is 0.316. The molecule has 0 aliphatic carbocycles. The van der Waals surface area contributed by atoms with Gasteiger partial charge in [-0.15, -0.1) is 10.2 Å². The van der Waals surface area contributed by atoms with Crippen molar-refractivity contribution in [3.63, 3.8) is 0 Å². The highest BCUT2D eigenvalue weighted by Crippen LogP contribution is 2.24. The Bertz CT molecular complexity index is 903. The molecule has 1 saturated heterocycles. The first-order valence-corrected chi connectivity index (χ1v) is 8.63. The number of hydrogen-bond acceptors (Lipinski definition) is 4. The number of aryl methyl sites for hydroxylation is 1. The molecule has 4 rings (SSSR count). The number of hydrogen-bond donors (Lipinski definition) is 1. The van der Waals surface area contributed by atoms with E-state index < -0.39 is 0 Å². The summed E-state index contributed by atoms with van der Waals surface area (Å²) < 4.78 is 1.97. The summed E-state index contributed by atoms with van der Waals surface area (Å²) in [6.45, 7) is 3.56. The number of fused-ring (bicyclic) bond motifs is 1. The number of para-hydroxylation sites is 1. The van der Waals surface area contributed by atoms with E-state index >= 15 is 0 Å². The Morgan fingerprint density at radius 1 is 1.16 bits per heavy atom. The quantitative estimate of drug-likeness (QED) is 0.799. The number of rotatable bonds is 3. The van der Waals surface area contributed by atoms with E-state index in [1.54, 1.807) is 0 Å². The van der Waals surface area contributed by atoms with E-state index in [2.05, 4.69) is 20.4 Å². The Hall–Kier alpha value is -2.89. The van der Waals surface area contributed by atoms with Crippen LogP contribution in [0.25, 0.3) is 5.65 Å². The zero-order valence-corrected chi connectivity index (χ0v) is 14.2. The Balaban J connectivity index is 1.51. The lowest BCUT2D eigenvalue weighted by Crippen LogP contribution is -2.41. The highest BCUT2D eigenvalue weighted by atomic mass is 16.1. The third kappa shape index (κ3) is 3.07. The van der Waals surface area contributed by atoms with Crippen molar-refractivity contribution in [1.29, 1.82) is 0 Å². The van der Waals surface area contributed by atoms with E-state index in [1.807, 2.05) is 60.0 Å². The lowest BCUT2D eigenvalue weighted by molar-refractivity contribution is -0.120. The van der Waals surface area contributed by atoms with Gasteiger partial charge in [-0.25, -0.2) is 0 Å². The summed E-state index contributed by atoms with van der Waals surface area (Å²) in [6.07, 6.45) is 3.82. The minimum Gasteiger partial charge on any atom is -0.340 e. The topological polar surface area (TPSA) is 62.5 Å². The second kappa shape index (κ2) is 6.55. The summed E-state index contributed by atoms with van der Waals surface area (Å²) in [5.41, 5.74) is 2.79. The fourth-order valence-corrected chi connectivity index (χ4v) is 3.37. The van der Waals surface area contributed by atoms with Gasteiger partial charge in [-0.2, -0.15) is 0 Å². The predicted octanol–water partition coefficient (Wildman–Crippen LogP) is 2.89. The smallest absolute Gasteiger partial charge is 0.231 e. The van der Waals surface area contributed by atoms with Crippen LogP contribution in [0.1, 0.15) is 18.4 Å². The minimum absolute atomic E-state index is 0.0515. The van der Waals surface area contributed by atoms with Crippen molar-refractivity contribution < 1.29 is 4.79 Å². The number of nitrogens with one attached hydrogen (secondary N) is 1. The molecular weight excluding hydrogens is 314 g/mol. The van der Waals surface area contributed by atoms with Crippen molar-refractivity contribution in [3.8, 4) is 0 Å². The highest BCUT2D eigenvalue weighted by Gasteiger charge is 2.28. The number of aromatic nitrogens is 3. The van der Waals surface area contributed by atoms with E-state index in [0.29, 0.717) is 6.54 Å². The molecular formula is C19H21N5O. The van der Waals surface area contributed by atoms with Gasteiger partial charge < -0.3 is 10.2 Å². The average molecular weight is 335 g/mol. The van der Waals surface area contributed by atoms with Crippen LogP contribution in [0.2, 0.25) is 0 Å². The van der Waals surface area contributed by atoms with Crippen LogP contribution >= 0.6 is 0 Å². The lowest BCUT2D eigenvalue weighted by atomic mass is 9.97. The third-order valence-corrected chi connectivity index (χ3v) is 4.77. The Morgan fingerprint density at radius 2 is 2.00 bits per heavy atom. The first-order valence-electron chi connectivity index (χ1n) is 8.63. The molecule has 1 N–H and O–H groups in total. The minimum atomic E-state index is -0.0515. The van der Waals surface area contributed by atoms with E-state index in [9.17, 15) is 4.79 Å². The van der Waals surface area contributed by atoms with Gasteiger partial charge in [0, 0.05) is 25.0 Å². The summed E-state index contributed by atoms with van der Waals surface area (Å²) in [5, 5.41) is 11.6. The summed E-state index contributed by atoms with van der Waals surface area (Å²) >= 11 is 0. The van der Waals surface area contributed by atoms with E-state index in [4.69, 9.17) is 0 Å². The second-order valence-electron chi connectivity index (χ2n) is 6.52. The molecule has 0 bridgehead atoms.